The van der Waals surface area contributed by atoms with Crippen LogP contribution in [-0.4, -0.2) is 58.3 Å². The molecule has 5 rings (SSSR count). The first-order chi connectivity index (χ1) is 13.2. The number of hydrogen-bond donors (Lipinski definition) is 0. The minimum atomic E-state index is 0.144. The number of rotatable bonds is 5. The van der Waals surface area contributed by atoms with Crippen molar-refractivity contribution >= 4 is 0 Å². The lowest BCUT2D eigenvalue weighted by atomic mass is 10.1. The Bertz CT molecular complexity index is 831. The van der Waals surface area contributed by atoms with Gasteiger partial charge in [-0.1, -0.05) is 0 Å². The highest BCUT2D eigenvalue weighted by Crippen LogP contribution is 2.39. The van der Waals surface area contributed by atoms with E-state index in [0.29, 0.717) is 12.0 Å². The topological polar surface area (TPSA) is 61.6 Å². The van der Waals surface area contributed by atoms with Crippen molar-refractivity contribution in [2.45, 2.75) is 51.2 Å². The SMILES string of the molecule is CC(C)N1CCO[C@H](Cc2nc(C3CC3)nn2-c2ccc3c(c2)OCO3)C1. The van der Waals surface area contributed by atoms with Crippen LogP contribution in [0.2, 0.25) is 0 Å². The molecule has 1 aromatic heterocycles. The van der Waals surface area contributed by atoms with Gasteiger partial charge in [0.25, 0.3) is 0 Å². The molecule has 2 fully saturated rings. The monoisotopic (exact) mass is 370 g/mol. The fraction of sp³-hybridized carbons (Fsp3) is 0.600. The lowest BCUT2D eigenvalue weighted by Gasteiger charge is -2.35. The minimum absolute atomic E-state index is 0.144. The van der Waals surface area contributed by atoms with Crippen molar-refractivity contribution in [2.24, 2.45) is 0 Å². The summed E-state index contributed by atoms with van der Waals surface area (Å²) in [7, 11) is 0. The van der Waals surface area contributed by atoms with Crippen LogP contribution >= 0.6 is 0 Å². The molecule has 3 aliphatic rings. The maximum Gasteiger partial charge on any atom is 0.231 e. The molecule has 1 aromatic carbocycles. The highest BCUT2D eigenvalue weighted by molar-refractivity contribution is 5.50. The lowest BCUT2D eigenvalue weighted by Crippen LogP contribution is -2.46. The molecule has 0 bridgehead atoms. The molecule has 0 radical (unpaired) electrons. The summed E-state index contributed by atoms with van der Waals surface area (Å²) in [4.78, 5) is 7.36. The minimum Gasteiger partial charge on any atom is -0.454 e. The second-order valence-corrected chi connectivity index (χ2v) is 7.90. The van der Waals surface area contributed by atoms with Gasteiger partial charge in [0.2, 0.25) is 6.79 Å². The number of nitrogens with zero attached hydrogens (tertiary/aromatic N) is 4. The van der Waals surface area contributed by atoms with Gasteiger partial charge in [-0.3, -0.25) is 4.90 Å². The fourth-order valence-electron chi connectivity index (χ4n) is 3.77. The Morgan fingerprint density at radius 3 is 2.85 bits per heavy atom. The van der Waals surface area contributed by atoms with Crippen LogP contribution in [0, 0.1) is 0 Å². The summed E-state index contributed by atoms with van der Waals surface area (Å²) >= 11 is 0. The maximum atomic E-state index is 6.05. The normalized spacial score (nSPS) is 22.6. The van der Waals surface area contributed by atoms with E-state index in [1.165, 1.54) is 12.8 Å². The third kappa shape index (κ3) is 3.41. The highest BCUT2D eigenvalue weighted by atomic mass is 16.7. The van der Waals surface area contributed by atoms with E-state index in [9.17, 15) is 0 Å². The van der Waals surface area contributed by atoms with E-state index < -0.39 is 0 Å². The second kappa shape index (κ2) is 6.80. The molecule has 7 nitrogen and oxygen atoms in total. The molecule has 3 heterocycles. The lowest BCUT2D eigenvalue weighted by molar-refractivity contribution is -0.0387. The molecular formula is C20H26N4O3. The molecular weight excluding hydrogens is 344 g/mol. The van der Waals surface area contributed by atoms with Crippen molar-refractivity contribution in [2.75, 3.05) is 26.5 Å². The predicted octanol–water partition coefficient (Wildman–Crippen LogP) is 2.53. The van der Waals surface area contributed by atoms with Gasteiger partial charge in [0.1, 0.15) is 5.82 Å². The zero-order valence-electron chi connectivity index (χ0n) is 15.9. The molecule has 2 aromatic rings. The van der Waals surface area contributed by atoms with Crippen LogP contribution in [-0.2, 0) is 11.2 Å². The molecule has 0 amide bonds. The van der Waals surface area contributed by atoms with Crippen LogP contribution in [0.1, 0.15) is 44.3 Å². The molecule has 0 spiro atoms. The van der Waals surface area contributed by atoms with Crippen LogP contribution in [0.25, 0.3) is 5.69 Å². The zero-order valence-corrected chi connectivity index (χ0v) is 15.9. The molecule has 144 valence electrons. The molecule has 1 saturated carbocycles. The second-order valence-electron chi connectivity index (χ2n) is 7.90. The van der Waals surface area contributed by atoms with Crippen molar-refractivity contribution in [3.63, 3.8) is 0 Å². The first-order valence-electron chi connectivity index (χ1n) is 9.89. The van der Waals surface area contributed by atoms with E-state index >= 15 is 0 Å². The van der Waals surface area contributed by atoms with Crippen molar-refractivity contribution in [3.05, 3.63) is 29.8 Å². The van der Waals surface area contributed by atoms with Gasteiger partial charge in [-0.25, -0.2) is 9.67 Å². The molecule has 1 aliphatic carbocycles. The summed E-state index contributed by atoms with van der Waals surface area (Å²) in [6, 6.07) is 6.48. The van der Waals surface area contributed by atoms with E-state index in [-0.39, 0.29) is 12.9 Å². The number of ether oxygens (including phenoxy) is 3. The quantitative estimate of drug-likeness (QED) is 0.806. The summed E-state index contributed by atoms with van der Waals surface area (Å²) in [5.41, 5.74) is 0.963. The van der Waals surface area contributed by atoms with Crippen molar-refractivity contribution in [1.82, 2.24) is 19.7 Å². The summed E-state index contributed by atoms with van der Waals surface area (Å²) < 4.78 is 19.0. The highest BCUT2D eigenvalue weighted by Gasteiger charge is 2.31. The Labute approximate surface area is 159 Å². The van der Waals surface area contributed by atoms with Crippen molar-refractivity contribution in [3.8, 4) is 17.2 Å². The summed E-state index contributed by atoms with van der Waals surface area (Å²) in [5.74, 6) is 3.98. The van der Waals surface area contributed by atoms with Gasteiger partial charge in [-0.15, -0.1) is 0 Å². The van der Waals surface area contributed by atoms with E-state index in [4.69, 9.17) is 24.3 Å². The van der Waals surface area contributed by atoms with Gasteiger partial charge in [0.15, 0.2) is 17.3 Å². The Morgan fingerprint density at radius 2 is 2.04 bits per heavy atom. The van der Waals surface area contributed by atoms with Crippen LogP contribution in [0.15, 0.2) is 18.2 Å². The average Bonchev–Trinajstić information content (AvgIpc) is 3.27. The smallest absolute Gasteiger partial charge is 0.231 e. The largest absolute Gasteiger partial charge is 0.454 e. The van der Waals surface area contributed by atoms with Crippen LogP contribution in [0.5, 0.6) is 11.5 Å². The van der Waals surface area contributed by atoms with Gasteiger partial charge in [-0.2, -0.15) is 5.10 Å². The summed E-state index contributed by atoms with van der Waals surface area (Å²) in [5, 5.41) is 4.83. The fourth-order valence-corrected chi connectivity index (χ4v) is 3.77. The van der Waals surface area contributed by atoms with E-state index in [1.54, 1.807) is 0 Å². The summed E-state index contributed by atoms with van der Waals surface area (Å²) in [6.07, 6.45) is 3.28. The first-order valence-corrected chi connectivity index (χ1v) is 9.89. The Balaban J connectivity index is 1.43. The van der Waals surface area contributed by atoms with E-state index in [1.807, 2.05) is 22.9 Å². The third-order valence-electron chi connectivity index (χ3n) is 5.54. The number of benzene rings is 1. The van der Waals surface area contributed by atoms with Crippen LogP contribution in [0.3, 0.4) is 0 Å². The first kappa shape index (κ1) is 17.0. The molecule has 27 heavy (non-hydrogen) atoms. The van der Waals surface area contributed by atoms with E-state index in [0.717, 1.165) is 55.0 Å². The van der Waals surface area contributed by atoms with Gasteiger partial charge in [-0.05, 0) is 38.8 Å². The number of hydrogen-bond acceptors (Lipinski definition) is 6. The number of fused-ring (bicyclic) bond motifs is 1. The Kier molecular flexibility index (Phi) is 4.28. The average molecular weight is 370 g/mol. The standard InChI is InChI=1S/C20H26N4O3/c1-13(2)23-7-8-25-16(11-23)10-19-21-20(14-3-4-14)22-24(19)15-5-6-17-18(9-15)27-12-26-17/h5-6,9,13-14,16H,3-4,7-8,10-12H2,1-2H3/t16-/m1/s1. The van der Waals surface area contributed by atoms with Gasteiger partial charge < -0.3 is 14.2 Å². The Morgan fingerprint density at radius 1 is 1.19 bits per heavy atom. The number of morpholine rings is 1. The number of aromatic nitrogens is 3. The third-order valence-corrected chi connectivity index (χ3v) is 5.54. The molecule has 2 aliphatic heterocycles. The predicted molar refractivity (Wildman–Crippen MR) is 99.6 cm³/mol. The van der Waals surface area contributed by atoms with Crippen LogP contribution < -0.4 is 9.47 Å². The molecule has 0 unspecified atom stereocenters. The molecule has 7 heteroatoms. The summed E-state index contributed by atoms with van der Waals surface area (Å²) in [6.45, 7) is 7.46. The van der Waals surface area contributed by atoms with Crippen molar-refractivity contribution in [1.29, 1.82) is 0 Å². The van der Waals surface area contributed by atoms with Gasteiger partial charge >= 0.3 is 0 Å². The van der Waals surface area contributed by atoms with Gasteiger partial charge in [0, 0.05) is 37.5 Å². The van der Waals surface area contributed by atoms with Crippen LogP contribution in [0.4, 0.5) is 0 Å². The maximum absolute atomic E-state index is 6.05. The zero-order chi connectivity index (χ0) is 18.4. The van der Waals surface area contributed by atoms with Crippen molar-refractivity contribution < 1.29 is 14.2 Å². The van der Waals surface area contributed by atoms with E-state index in [2.05, 4.69) is 18.7 Å². The molecule has 1 atom stereocenters. The molecule has 0 N–H and O–H groups in total. The van der Waals surface area contributed by atoms with Gasteiger partial charge in [0.05, 0.1) is 18.4 Å². The Hall–Kier alpha value is -2.12. The molecule has 1 saturated heterocycles.